The van der Waals surface area contributed by atoms with Gasteiger partial charge in [-0.3, -0.25) is 9.59 Å². The van der Waals surface area contributed by atoms with E-state index < -0.39 is 0 Å². The van der Waals surface area contributed by atoms with Gasteiger partial charge in [0, 0.05) is 23.0 Å². The maximum absolute atomic E-state index is 12.0. The second-order valence-electron chi connectivity index (χ2n) is 6.06. The highest BCUT2D eigenvalue weighted by atomic mass is 16.2. The van der Waals surface area contributed by atoms with Gasteiger partial charge in [-0.1, -0.05) is 18.2 Å². The highest BCUT2D eigenvalue weighted by Gasteiger charge is 2.29. The molecule has 1 aliphatic rings. The largest absolute Gasteiger partial charge is 0.376 e. The van der Waals surface area contributed by atoms with Gasteiger partial charge in [0.15, 0.2) is 0 Å². The molecule has 3 N–H and O–H groups in total. The molecule has 0 aromatic heterocycles. The van der Waals surface area contributed by atoms with E-state index in [-0.39, 0.29) is 24.3 Å². The van der Waals surface area contributed by atoms with Crippen molar-refractivity contribution in [3.63, 3.8) is 0 Å². The summed E-state index contributed by atoms with van der Waals surface area (Å²) >= 11 is 0. The number of carbonyl (C=O) groups excluding carboxylic acids is 2. The van der Waals surface area contributed by atoms with E-state index in [1.807, 2.05) is 55.5 Å². The third-order valence-electron chi connectivity index (χ3n) is 3.97. The molecule has 0 radical (unpaired) electrons. The van der Waals surface area contributed by atoms with Gasteiger partial charge in [0.1, 0.15) is 0 Å². The van der Waals surface area contributed by atoms with Crippen LogP contribution in [0.4, 0.5) is 17.1 Å². The number of nitrogens with one attached hydrogen (secondary N) is 3. The Morgan fingerprint density at radius 2 is 1.62 bits per heavy atom. The van der Waals surface area contributed by atoms with Crippen LogP contribution in [0, 0.1) is 12.8 Å². The molecule has 2 aromatic rings. The molecule has 0 unspecified atom stereocenters. The van der Waals surface area contributed by atoms with Gasteiger partial charge in [-0.25, -0.2) is 0 Å². The van der Waals surface area contributed by atoms with Crippen LogP contribution in [0.5, 0.6) is 0 Å². The molecular weight excluding hydrogens is 302 g/mol. The molecule has 0 spiro atoms. The zero-order valence-corrected chi connectivity index (χ0v) is 13.6. The molecule has 0 aliphatic heterocycles. The Morgan fingerprint density at radius 3 is 2.29 bits per heavy atom. The van der Waals surface area contributed by atoms with Crippen molar-refractivity contribution in [1.29, 1.82) is 0 Å². The predicted molar refractivity (Wildman–Crippen MR) is 96.1 cm³/mol. The summed E-state index contributed by atoms with van der Waals surface area (Å²) in [5.41, 5.74) is 3.46. The number of amides is 2. The Balaban J connectivity index is 1.48. The van der Waals surface area contributed by atoms with Crippen molar-refractivity contribution >= 4 is 28.9 Å². The average molecular weight is 323 g/mol. The Hall–Kier alpha value is -2.82. The molecule has 1 fully saturated rings. The Morgan fingerprint density at radius 1 is 0.958 bits per heavy atom. The molecule has 0 saturated heterocycles. The van der Waals surface area contributed by atoms with Gasteiger partial charge in [-0.2, -0.15) is 0 Å². The number of carbonyl (C=O) groups is 2. The normalized spacial score (nSPS) is 13.2. The highest BCUT2D eigenvalue weighted by molar-refractivity contribution is 5.95. The number of para-hydroxylation sites is 1. The van der Waals surface area contributed by atoms with Gasteiger partial charge in [-0.05, 0) is 55.7 Å². The minimum Gasteiger partial charge on any atom is -0.376 e. The van der Waals surface area contributed by atoms with Gasteiger partial charge in [0.25, 0.3) is 0 Å². The minimum absolute atomic E-state index is 0.0910. The van der Waals surface area contributed by atoms with Crippen LogP contribution >= 0.6 is 0 Å². The minimum atomic E-state index is -0.101. The van der Waals surface area contributed by atoms with Crippen LogP contribution in [0.3, 0.4) is 0 Å². The summed E-state index contributed by atoms with van der Waals surface area (Å²) < 4.78 is 0. The monoisotopic (exact) mass is 323 g/mol. The molecule has 2 aromatic carbocycles. The number of benzene rings is 2. The lowest BCUT2D eigenvalue weighted by molar-refractivity contribution is -0.117. The van der Waals surface area contributed by atoms with Crippen molar-refractivity contribution in [2.75, 3.05) is 22.5 Å². The van der Waals surface area contributed by atoms with Crippen LogP contribution in [0.2, 0.25) is 0 Å². The van der Waals surface area contributed by atoms with E-state index in [1.165, 1.54) is 0 Å². The van der Waals surface area contributed by atoms with Gasteiger partial charge in [0.05, 0.1) is 6.54 Å². The SMILES string of the molecule is Cc1ccccc1NC(=O)CNc1ccc(NC(=O)C2CC2)cc1. The summed E-state index contributed by atoms with van der Waals surface area (Å²) in [5, 5.41) is 8.84. The van der Waals surface area contributed by atoms with Crippen molar-refractivity contribution in [2.45, 2.75) is 19.8 Å². The zero-order chi connectivity index (χ0) is 16.9. The van der Waals surface area contributed by atoms with Crippen LogP contribution in [0.15, 0.2) is 48.5 Å². The third kappa shape index (κ3) is 4.35. The molecule has 2 amide bonds. The molecule has 0 bridgehead atoms. The van der Waals surface area contributed by atoms with E-state index in [1.54, 1.807) is 0 Å². The number of aryl methyl sites for hydroxylation is 1. The lowest BCUT2D eigenvalue weighted by Crippen LogP contribution is -2.22. The van der Waals surface area contributed by atoms with E-state index in [2.05, 4.69) is 16.0 Å². The van der Waals surface area contributed by atoms with Crippen LogP contribution in [0.1, 0.15) is 18.4 Å². The van der Waals surface area contributed by atoms with E-state index in [4.69, 9.17) is 0 Å². The Labute approximate surface area is 141 Å². The molecule has 1 saturated carbocycles. The van der Waals surface area contributed by atoms with Gasteiger partial charge in [-0.15, -0.1) is 0 Å². The number of hydrogen-bond acceptors (Lipinski definition) is 3. The van der Waals surface area contributed by atoms with E-state index in [0.29, 0.717) is 0 Å². The van der Waals surface area contributed by atoms with Gasteiger partial charge in [0.2, 0.25) is 11.8 Å². The summed E-state index contributed by atoms with van der Waals surface area (Å²) in [6.45, 7) is 2.14. The van der Waals surface area contributed by atoms with Gasteiger partial charge >= 0.3 is 0 Å². The fourth-order valence-corrected chi connectivity index (χ4v) is 2.35. The molecule has 24 heavy (non-hydrogen) atoms. The zero-order valence-electron chi connectivity index (χ0n) is 13.6. The van der Waals surface area contributed by atoms with Crippen LogP contribution < -0.4 is 16.0 Å². The van der Waals surface area contributed by atoms with Crippen molar-refractivity contribution in [2.24, 2.45) is 5.92 Å². The number of hydrogen-bond donors (Lipinski definition) is 3. The van der Waals surface area contributed by atoms with E-state index >= 15 is 0 Å². The number of anilines is 3. The summed E-state index contributed by atoms with van der Waals surface area (Å²) in [5.74, 6) is 0.177. The van der Waals surface area contributed by atoms with Crippen LogP contribution in [-0.2, 0) is 9.59 Å². The highest BCUT2D eigenvalue weighted by Crippen LogP contribution is 2.30. The first-order valence-electron chi connectivity index (χ1n) is 8.12. The van der Waals surface area contributed by atoms with E-state index in [9.17, 15) is 9.59 Å². The molecule has 5 heteroatoms. The van der Waals surface area contributed by atoms with Gasteiger partial charge < -0.3 is 16.0 Å². The summed E-state index contributed by atoms with van der Waals surface area (Å²) in [4.78, 5) is 23.7. The molecule has 0 atom stereocenters. The Bertz CT molecular complexity index is 737. The maximum atomic E-state index is 12.0. The van der Waals surface area contributed by atoms with E-state index in [0.717, 1.165) is 35.5 Å². The first-order chi connectivity index (χ1) is 11.6. The first-order valence-corrected chi connectivity index (χ1v) is 8.12. The Kier molecular flexibility index (Phi) is 4.79. The quantitative estimate of drug-likeness (QED) is 0.763. The fraction of sp³-hybridized carbons (Fsp3) is 0.263. The molecule has 124 valence electrons. The molecule has 5 nitrogen and oxygen atoms in total. The van der Waals surface area contributed by atoms with Crippen LogP contribution in [0.25, 0.3) is 0 Å². The topological polar surface area (TPSA) is 70.2 Å². The molecule has 1 aliphatic carbocycles. The summed E-state index contributed by atoms with van der Waals surface area (Å²) in [6, 6.07) is 15.0. The van der Waals surface area contributed by atoms with Crippen molar-refractivity contribution in [1.82, 2.24) is 0 Å². The van der Waals surface area contributed by atoms with Crippen molar-refractivity contribution < 1.29 is 9.59 Å². The number of rotatable bonds is 6. The maximum Gasteiger partial charge on any atom is 0.243 e. The second-order valence-corrected chi connectivity index (χ2v) is 6.06. The van der Waals surface area contributed by atoms with Crippen LogP contribution in [-0.4, -0.2) is 18.4 Å². The third-order valence-corrected chi connectivity index (χ3v) is 3.97. The fourth-order valence-electron chi connectivity index (χ4n) is 2.35. The molecule has 0 heterocycles. The first kappa shape index (κ1) is 16.1. The smallest absolute Gasteiger partial charge is 0.243 e. The molecular formula is C19H21N3O2. The summed E-state index contributed by atoms with van der Waals surface area (Å²) in [7, 11) is 0. The van der Waals surface area contributed by atoms with Crippen molar-refractivity contribution in [3.8, 4) is 0 Å². The lowest BCUT2D eigenvalue weighted by Gasteiger charge is -2.10. The molecule has 3 rings (SSSR count). The summed E-state index contributed by atoms with van der Waals surface area (Å²) in [6.07, 6.45) is 1.98. The standard InChI is InChI=1S/C19H21N3O2/c1-13-4-2-3-5-17(13)22-18(23)12-20-15-8-10-16(11-9-15)21-19(24)14-6-7-14/h2-5,8-11,14,20H,6-7,12H2,1H3,(H,21,24)(H,22,23). The predicted octanol–water partition coefficient (Wildman–Crippen LogP) is 3.39. The lowest BCUT2D eigenvalue weighted by atomic mass is 10.2. The average Bonchev–Trinajstić information content (AvgIpc) is 3.41. The van der Waals surface area contributed by atoms with Crippen molar-refractivity contribution in [3.05, 3.63) is 54.1 Å². The second kappa shape index (κ2) is 7.17.